The molecule has 0 saturated carbocycles. The summed E-state index contributed by atoms with van der Waals surface area (Å²) in [7, 11) is 0. The molecule has 1 heterocycles. The smallest absolute Gasteiger partial charge is 0.293 e. The average Bonchev–Trinajstić information content (AvgIpc) is 3.01. The van der Waals surface area contributed by atoms with Crippen molar-refractivity contribution < 1.29 is 19.1 Å². The van der Waals surface area contributed by atoms with E-state index in [0.717, 1.165) is 16.7 Å². The molecule has 7 nitrogen and oxygen atoms in total. The van der Waals surface area contributed by atoms with Gasteiger partial charge in [0.05, 0.1) is 16.5 Å². The molecule has 1 N–H and O–H groups in total. The molecule has 3 amide bonds. The Morgan fingerprint density at radius 2 is 1.93 bits per heavy atom. The maximum Gasteiger partial charge on any atom is 0.293 e. The van der Waals surface area contributed by atoms with Gasteiger partial charge in [0.1, 0.15) is 5.75 Å². The molecule has 0 aliphatic carbocycles. The lowest BCUT2D eigenvalue weighted by atomic mass is 10.2. The first-order valence-corrected chi connectivity index (χ1v) is 10.1. The Morgan fingerprint density at radius 3 is 2.63 bits per heavy atom. The van der Waals surface area contributed by atoms with Gasteiger partial charge in [-0.2, -0.15) is 5.26 Å². The van der Waals surface area contributed by atoms with Crippen molar-refractivity contribution in [1.29, 1.82) is 5.26 Å². The molecule has 9 heteroatoms. The number of carbonyl (C=O) groups excluding carboxylic acids is 3. The number of nitrogens with one attached hydrogen (secondary N) is 1. The Morgan fingerprint density at radius 1 is 1.20 bits per heavy atom. The quantitative estimate of drug-likeness (QED) is 0.660. The van der Waals surface area contributed by atoms with Crippen LogP contribution >= 0.6 is 23.4 Å². The van der Waals surface area contributed by atoms with Gasteiger partial charge in [0.15, 0.2) is 6.61 Å². The Kier molecular flexibility index (Phi) is 7.12. The van der Waals surface area contributed by atoms with Crippen LogP contribution in [0.4, 0.5) is 4.79 Å². The van der Waals surface area contributed by atoms with Gasteiger partial charge >= 0.3 is 0 Å². The molecule has 3 rings (SSSR count). The third kappa shape index (κ3) is 5.41. The van der Waals surface area contributed by atoms with Crippen LogP contribution in [0, 0.1) is 11.3 Å². The van der Waals surface area contributed by atoms with Crippen molar-refractivity contribution in [3.63, 3.8) is 0 Å². The zero-order valence-corrected chi connectivity index (χ0v) is 17.2. The highest BCUT2D eigenvalue weighted by Crippen LogP contribution is 2.33. The summed E-state index contributed by atoms with van der Waals surface area (Å²) in [6.07, 6.45) is 1.58. The molecule has 0 aromatic heterocycles. The summed E-state index contributed by atoms with van der Waals surface area (Å²) in [5, 5.41) is 11.4. The largest absolute Gasteiger partial charge is 0.484 e. The predicted octanol–water partition coefficient (Wildman–Crippen LogP) is 3.44. The van der Waals surface area contributed by atoms with Crippen LogP contribution < -0.4 is 10.1 Å². The van der Waals surface area contributed by atoms with E-state index in [1.165, 1.54) is 0 Å². The SMILES string of the molecule is N#Cc1ccc(OCC(=O)NCCN2C(=O)S/C(=C\c3ccccc3Cl)C2=O)cc1. The second kappa shape index (κ2) is 9.96. The van der Waals surface area contributed by atoms with E-state index in [0.29, 0.717) is 21.9 Å². The van der Waals surface area contributed by atoms with E-state index in [-0.39, 0.29) is 24.6 Å². The van der Waals surface area contributed by atoms with Gasteiger partial charge in [-0.3, -0.25) is 19.3 Å². The normalized spacial score (nSPS) is 14.7. The first-order chi connectivity index (χ1) is 14.5. The summed E-state index contributed by atoms with van der Waals surface area (Å²) in [6.45, 7) is -0.0691. The fourth-order valence-corrected chi connectivity index (χ4v) is 3.61. The number of nitrogens with zero attached hydrogens (tertiary/aromatic N) is 2. The summed E-state index contributed by atoms with van der Waals surface area (Å²) in [5.41, 5.74) is 1.14. The number of hydrogen-bond donors (Lipinski definition) is 1. The van der Waals surface area contributed by atoms with Crippen LogP contribution in [0.3, 0.4) is 0 Å². The minimum atomic E-state index is -0.423. The van der Waals surface area contributed by atoms with Crippen LogP contribution in [0.25, 0.3) is 6.08 Å². The monoisotopic (exact) mass is 441 g/mol. The second-order valence-electron chi connectivity index (χ2n) is 6.13. The molecule has 2 aromatic carbocycles. The molecule has 30 heavy (non-hydrogen) atoms. The van der Waals surface area contributed by atoms with Crippen molar-refractivity contribution in [2.75, 3.05) is 19.7 Å². The minimum Gasteiger partial charge on any atom is -0.484 e. The molecule has 1 fully saturated rings. The molecular weight excluding hydrogens is 426 g/mol. The molecule has 0 radical (unpaired) electrons. The van der Waals surface area contributed by atoms with Crippen LogP contribution in [0.1, 0.15) is 11.1 Å². The van der Waals surface area contributed by atoms with E-state index in [1.807, 2.05) is 6.07 Å². The average molecular weight is 442 g/mol. The number of benzene rings is 2. The Hall–Kier alpha value is -3.28. The van der Waals surface area contributed by atoms with Gasteiger partial charge in [-0.1, -0.05) is 29.8 Å². The highest BCUT2D eigenvalue weighted by Gasteiger charge is 2.34. The van der Waals surface area contributed by atoms with E-state index < -0.39 is 17.1 Å². The zero-order chi connectivity index (χ0) is 21.5. The van der Waals surface area contributed by atoms with Crippen LogP contribution in [0.15, 0.2) is 53.4 Å². The molecule has 1 aliphatic heterocycles. The molecule has 0 spiro atoms. The van der Waals surface area contributed by atoms with Gasteiger partial charge in [0.25, 0.3) is 17.1 Å². The molecule has 152 valence electrons. The van der Waals surface area contributed by atoms with Crippen LogP contribution in [-0.2, 0) is 9.59 Å². The Labute approximate surface area is 182 Å². The molecule has 0 atom stereocenters. The lowest BCUT2D eigenvalue weighted by molar-refractivity contribution is -0.125. The second-order valence-corrected chi connectivity index (χ2v) is 7.53. The predicted molar refractivity (Wildman–Crippen MR) is 114 cm³/mol. The molecule has 1 saturated heterocycles. The first-order valence-electron chi connectivity index (χ1n) is 8.87. The van der Waals surface area contributed by atoms with E-state index >= 15 is 0 Å². The Balaban J connectivity index is 1.47. The summed E-state index contributed by atoms with van der Waals surface area (Å²) >= 11 is 6.93. The zero-order valence-electron chi connectivity index (χ0n) is 15.6. The van der Waals surface area contributed by atoms with E-state index in [1.54, 1.807) is 54.6 Å². The van der Waals surface area contributed by atoms with Gasteiger partial charge in [-0.25, -0.2) is 0 Å². The fraction of sp³-hybridized carbons (Fsp3) is 0.143. The maximum atomic E-state index is 12.5. The lowest BCUT2D eigenvalue weighted by Crippen LogP contribution is -2.38. The first kappa shape index (κ1) is 21.4. The third-order valence-corrected chi connectivity index (χ3v) is 5.33. The van der Waals surface area contributed by atoms with Crippen LogP contribution in [0.5, 0.6) is 5.75 Å². The molecule has 2 aromatic rings. The van der Waals surface area contributed by atoms with Gasteiger partial charge in [-0.15, -0.1) is 0 Å². The topological polar surface area (TPSA) is 99.5 Å². The van der Waals surface area contributed by atoms with Crippen molar-refractivity contribution in [2.45, 2.75) is 0 Å². The molecule has 0 bridgehead atoms. The summed E-state index contributed by atoms with van der Waals surface area (Å²) in [4.78, 5) is 37.9. The summed E-state index contributed by atoms with van der Waals surface area (Å²) in [6, 6.07) is 15.4. The van der Waals surface area contributed by atoms with Gasteiger partial charge in [0.2, 0.25) is 0 Å². The highest BCUT2D eigenvalue weighted by molar-refractivity contribution is 8.18. The number of halogens is 1. The summed E-state index contributed by atoms with van der Waals surface area (Å²) in [5.74, 6) is -0.356. The summed E-state index contributed by atoms with van der Waals surface area (Å²) < 4.78 is 5.33. The van der Waals surface area contributed by atoms with Crippen molar-refractivity contribution >= 4 is 46.5 Å². The van der Waals surface area contributed by atoms with E-state index in [9.17, 15) is 14.4 Å². The number of amides is 3. The number of nitriles is 1. The van der Waals surface area contributed by atoms with E-state index in [2.05, 4.69) is 5.32 Å². The number of carbonyl (C=O) groups is 3. The number of thioether (sulfide) groups is 1. The Bertz CT molecular complexity index is 1050. The van der Waals surface area contributed by atoms with Crippen molar-refractivity contribution in [3.05, 3.63) is 69.6 Å². The molecular formula is C21H16ClN3O4S. The number of imide groups is 1. The highest BCUT2D eigenvalue weighted by atomic mass is 35.5. The minimum absolute atomic E-state index is 0.0487. The van der Waals surface area contributed by atoms with Crippen molar-refractivity contribution in [3.8, 4) is 11.8 Å². The molecule has 0 unspecified atom stereocenters. The number of hydrogen-bond acceptors (Lipinski definition) is 6. The van der Waals surface area contributed by atoms with Crippen molar-refractivity contribution in [2.24, 2.45) is 0 Å². The van der Waals surface area contributed by atoms with Crippen LogP contribution in [0.2, 0.25) is 5.02 Å². The number of rotatable bonds is 7. The van der Waals surface area contributed by atoms with Crippen molar-refractivity contribution in [1.82, 2.24) is 10.2 Å². The maximum absolute atomic E-state index is 12.5. The standard InChI is InChI=1S/C21H16ClN3O4S/c22-17-4-2-1-3-15(17)11-18-20(27)25(21(28)30-18)10-9-24-19(26)13-29-16-7-5-14(12-23)6-8-16/h1-8,11H,9-10,13H2,(H,24,26)/b18-11-. The lowest BCUT2D eigenvalue weighted by Gasteiger charge is -2.13. The number of ether oxygens (including phenoxy) is 1. The third-order valence-electron chi connectivity index (χ3n) is 4.08. The van der Waals surface area contributed by atoms with E-state index in [4.69, 9.17) is 21.6 Å². The van der Waals surface area contributed by atoms with Crippen LogP contribution in [-0.4, -0.2) is 41.6 Å². The fourth-order valence-electron chi connectivity index (χ4n) is 2.56. The molecule has 1 aliphatic rings. The van der Waals surface area contributed by atoms with Gasteiger partial charge < -0.3 is 10.1 Å². The van der Waals surface area contributed by atoms with Gasteiger partial charge in [-0.05, 0) is 53.7 Å². The van der Waals surface area contributed by atoms with Gasteiger partial charge in [0, 0.05) is 18.1 Å².